The number of amides is 1. The number of methoxy groups -OCH3 is 1. The van der Waals surface area contributed by atoms with Crippen LogP contribution < -0.4 is 0 Å². The Balaban J connectivity index is 2.18. The maximum atomic E-state index is 12.6. The Hall–Kier alpha value is -1.00. The third-order valence-electron chi connectivity index (χ3n) is 3.93. The van der Waals surface area contributed by atoms with E-state index >= 15 is 0 Å². The van der Waals surface area contributed by atoms with Gasteiger partial charge in [-0.25, -0.2) is 0 Å². The van der Waals surface area contributed by atoms with Crippen LogP contribution in [0.1, 0.15) is 29.3 Å². The summed E-state index contributed by atoms with van der Waals surface area (Å²) in [5, 5.41) is 0. The van der Waals surface area contributed by atoms with E-state index in [-0.39, 0.29) is 12.0 Å². The van der Waals surface area contributed by atoms with Crippen molar-refractivity contribution in [3.63, 3.8) is 0 Å². The Bertz CT molecular complexity index is 475. The highest BCUT2D eigenvalue weighted by molar-refractivity contribution is 7.80. The van der Waals surface area contributed by atoms with E-state index in [1.165, 1.54) is 0 Å². The maximum absolute atomic E-state index is 12.6. The van der Waals surface area contributed by atoms with Crippen LogP contribution in [0.5, 0.6) is 0 Å². The molecule has 2 atom stereocenters. The Morgan fingerprint density at radius 2 is 2.21 bits per heavy atom. The molecule has 0 saturated carbocycles. The zero-order valence-corrected chi connectivity index (χ0v) is 12.6. The van der Waals surface area contributed by atoms with Crippen LogP contribution in [0.3, 0.4) is 0 Å². The lowest BCUT2D eigenvalue weighted by molar-refractivity contribution is -0.00160. The molecule has 0 aromatic heterocycles. The standard InChI is InChI=1S/C15H21NO2S/c1-10-4-5-12(19)8-13(10)15(17)16-7-6-11(2)14(9-16)18-3/h4-5,8,11,14,19H,6-7,9H2,1-3H3. The van der Waals surface area contributed by atoms with Gasteiger partial charge in [-0.1, -0.05) is 13.0 Å². The third kappa shape index (κ3) is 3.12. The first kappa shape index (κ1) is 14.4. The highest BCUT2D eigenvalue weighted by Crippen LogP contribution is 2.23. The van der Waals surface area contributed by atoms with E-state index in [0.29, 0.717) is 12.5 Å². The molecule has 1 aliphatic rings. The monoisotopic (exact) mass is 279 g/mol. The van der Waals surface area contributed by atoms with Crippen molar-refractivity contribution in [1.29, 1.82) is 0 Å². The maximum Gasteiger partial charge on any atom is 0.254 e. The third-order valence-corrected chi connectivity index (χ3v) is 4.21. The van der Waals surface area contributed by atoms with Crippen LogP contribution in [0, 0.1) is 12.8 Å². The summed E-state index contributed by atoms with van der Waals surface area (Å²) in [6.07, 6.45) is 1.13. The first-order valence-corrected chi connectivity index (χ1v) is 7.09. The Labute approximate surface area is 120 Å². The van der Waals surface area contributed by atoms with Crippen LogP contribution in [0.2, 0.25) is 0 Å². The van der Waals surface area contributed by atoms with Crippen LogP contribution in [0.15, 0.2) is 23.1 Å². The van der Waals surface area contributed by atoms with Crippen LogP contribution in [-0.2, 0) is 4.74 Å². The SMILES string of the molecule is COC1CN(C(=O)c2cc(S)ccc2C)CCC1C. The molecule has 1 heterocycles. The first-order chi connectivity index (χ1) is 9.02. The summed E-state index contributed by atoms with van der Waals surface area (Å²) >= 11 is 4.31. The molecule has 2 rings (SSSR count). The molecule has 1 fully saturated rings. The molecule has 1 aromatic carbocycles. The predicted octanol–water partition coefficient (Wildman–Crippen LogP) is 2.78. The van der Waals surface area contributed by atoms with Gasteiger partial charge in [0, 0.05) is 30.7 Å². The van der Waals surface area contributed by atoms with E-state index in [0.717, 1.165) is 29.0 Å². The zero-order chi connectivity index (χ0) is 14.0. The number of carbonyl (C=O) groups is 1. The lowest BCUT2D eigenvalue weighted by atomic mass is 9.95. The molecule has 0 N–H and O–H groups in total. The lowest BCUT2D eigenvalue weighted by Crippen LogP contribution is -2.46. The summed E-state index contributed by atoms with van der Waals surface area (Å²) in [6.45, 7) is 5.61. The molecule has 0 aliphatic carbocycles. The number of carbonyl (C=O) groups excluding carboxylic acids is 1. The van der Waals surface area contributed by atoms with Crippen molar-refractivity contribution in [3.05, 3.63) is 29.3 Å². The molecule has 0 spiro atoms. The van der Waals surface area contributed by atoms with Gasteiger partial charge in [0.1, 0.15) is 0 Å². The smallest absolute Gasteiger partial charge is 0.254 e. The zero-order valence-electron chi connectivity index (χ0n) is 11.7. The topological polar surface area (TPSA) is 29.5 Å². The predicted molar refractivity (Wildman–Crippen MR) is 78.9 cm³/mol. The van der Waals surface area contributed by atoms with Crippen molar-refractivity contribution in [1.82, 2.24) is 4.90 Å². The Morgan fingerprint density at radius 1 is 1.47 bits per heavy atom. The Morgan fingerprint density at radius 3 is 2.89 bits per heavy atom. The molecule has 0 bridgehead atoms. The number of hydrogen-bond donors (Lipinski definition) is 1. The van der Waals surface area contributed by atoms with Crippen molar-refractivity contribution in [2.45, 2.75) is 31.3 Å². The van der Waals surface area contributed by atoms with E-state index in [1.807, 2.05) is 30.0 Å². The quantitative estimate of drug-likeness (QED) is 0.844. The number of hydrogen-bond acceptors (Lipinski definition) is 3. The van der Waals surface area contributed by atoms with E-state index in [9.17, 15) is 4.79 Å². The highest BCUT2D eigenvalue weighted by Gasteiger charge is 2.29. The number of benzene rings is 1. The van der Waals surface area contributed by atoms with Crippen molar-refractivity contribution in [3.8, 4) is 0 Å². The molecule has 104 valence electrons. The largest absolute Gasteiger partial charge is 0.379 e. The molecule has 0 radical (unpaired) electrons. The minimum atomic E-state index is 0.0855. The number of nitrogens with zero attached hydrogens (tertiary/aromatic N) is 1. The number of rotatable bonds is 2. The van der Waals surface area contributed by atoms with Gasteiger partial charge in [-0.05, 0) is 37.0 Å². The summed E-state index contributed by atoms with van der Waals surface area (Å²) in [5.41, 5.74) is 1.74. The second-order valence-corrected chi connectivity index (χ2v) is 5.81. The normalized spacial score (nSPS) is 23.5. The number of aryl methyl sites for hydroxylation is 1. The van der Waals surface area contributed by atoms with Gasteiger partial charge in [-0.2, -0.15) is 0 Å². The lowest BCUT2D eigenvalue weighted by Gasteiger charge is -2.36. The van der Waals surface area contributed by atoms with Crippen molar-refractivity contribution in [2.24, 2.45) is 5.92 Å². The molecule has 19 heavy (non-hydrogen) atoms. The first-order valence-electron chi connectivity index (χ1n) is 6.64. The van der Waals surface area contributed by atoms with Gasteiger partial charge in [-0.15, -0.1) is 12.6 Å². The summed E-state index contributed by atoms with van der Waals surface area (Å²) in [5.74, 6) is 0.591. The molecule has 1 amide bonds. The molecular weight excluding hydrogens is 258 g/mol. The molecular formula is C15H21NO2S. The van der Waals surface area contributed by atoms with Crippen molar-refractivity contribution >= 4 is 18.5 Å². The van der Waals surface area contributed by atoms with E-state index < -0.39 is 0 Å². The fraction of sp³-hybridized carbons (Fsp3) is 0.533. The molecule has 1 aromatic rings. The van der Waals surface area contributed by atoms with E-state index in [4.69, 9.17) is 4.74 Å². The van der Waals surface area contributed by atoms with Crippen LogP contribution in [-0.4, -0.2) is 37.1 Å². The Kier molecular flexibility index (Phi) is 4.53. The van der Waals surface area contributed by atoms with Crippen molar-refractivity contribution in [2.75, 3.05) is 20.2 Å². The minimum Gasteiger partial charge on any atom is -0.379 e. The van der Waals surface area contributed by atoms with Crippen LogP contribution in [0.4, 0.5) is 0 Å². The van der Waals surface area contributed by atoms with Gasteiger partial charge in [0.15, 0.2) is 0 Å². The fourth-order valence-corrected chi connectivity index (χ4v) is 2.74. The average Bonchev–Trinajstić information content (AvgIpc) is 2.41. The summed E-state index contributed by atoms with van der Waals surface area (Å²) in [4.78, 5) is 15.3. The molecule has 1 saturated heterocycles. The summed E-state index contributed by atoms with van der Waals surface area (Å²) < 4.78 is 5.46. The number of piperidine rings is 1. The van der Waals surface area contributed by atoms with Gasteiger partial charge < -0.3 is 9.64 Å². The van der Waals surface area contributed by atoms with Gasteiger partial charge in [-0.3, -0.25) is 4.79 Å². The van der Waals surface area contributed by atoms with Gasteiger partial charge >= 0.3 is 0 Å². The summed E-state index contributed by atoms with van der Waals surface area (Å²) in [7, 11) is 1.72. The second-order valence-electron chi connectivity index (χ2n) is 5.29. The number of ether oxygens (including phenoxy) is 1. The summed E-state index contributed by atoms with van der Waals surface area (Å²) in [6, 6.07) is 5.70. The molecule has 3 nitrogen and oxygen atoms in total. The van der Waals surface area contributed by atoms with Crippen molar-refractivity contribution < 1.29 is 9.53 Å². The molecule has 4 heteroatoms. The average molecular weight is 279 g/mol. The number of thiol groups is 1. The van der Waals surface area contributed by atoms with Gasteiger partial charge in [0.25, 0.3) is 5.91 Å². The minimum absolute atomic E-state index is 0.0855. The number of likely N-dealkylation sites (tertiary alicyclic amines) is 1. The fourth-order valence-electron chi connectivity index (χ4n) is 2.54. The van der Waals surface area contributed by atoms with Gasteiger partial charge in [0.05, 0.1) is 6.10 Å². The highest BCUT2D eigenvalue weighted by atomic mass is 32.1. The van der Waals surface area contributed by atoms with Gasteiger partial charge in [0.2, 0.25) is 0 Å². The van der Waals surface area contributed by atoms with E-state index in [1.54, 1.807) is 7.11 Å². The van der Waals surface area contributed by atoms with Crippen LogP contribution >= 0.6 is 12.6 Å². The molecule has 2 unspecified atom stereocenters. The van der Waals surface area contributed by atoms with Crippen LogP contribution in [0.25, 0.3) is 0 Å². The second kappa shape index (κ2) is 5.97. The van der Waals surface area contributed by atoms with E-state index in [2.05, 4.69) is 19.6 Å². The molecule has 1 aliphatic heterocycles.